The van der Waals surface area contributed by atoms with E-state index in [1.54, 1.807) is 4.90 Å². The Labute approximate surface area is 120 Å². The number of hydrogen-bond donors (Lipinski definition) is 1. The first-order chi connectivity index (χ1) is 8.49. The van der Waals surface area contributed by atoms with Gasteiger partial charge in [0.1, 0.15) is 0 Å². The minimum atomic E-state index is -0.141. The van der Waals surface area contributed by atoms with Gasteiger partial charge in [0, 0.05) is 32.6 Å². The molecule has 2 heterocycles. The first-order valence-electron chi connectivity index (χ1n) is 6.76. The molecule has 0 aliphatic carbocycles. The van der Waals surface area contributed by atoms with Crippen molar-refractivity contribution in [1.82, 2.24) is 9.80 Å². The first-order valence-corrected chi connectivity index (χ1v) is 6.76. The molecule has 0 saturated carbocycles. The van der Waals surface area contributed by atoms with Crippen LogP contribution in [0.5, 0.6) is 0 Å². The van der Waals surface area contributed by atoms with Gasteiger partial charge in [0.05, 0.1) is 5.92 Å². The van der Waals surface area contributed by atoms with Crippen molar-refractivity contribution in [2.24, 2.45) is 17.1 Å². The molecule has 5 nitrogen and oxygen atoms in total. The molecule has 0 aromatic rings. The van der Waals surface area contributed by atoms with Gasteiger partial charge in [-0.2, -0.15) is 0 Å². The van der Waals surface area contributed by atoms with Crippen LogP contribution in [-0.4, -0.2) is 54.3 Å². The maximum Gasteiger partial charge on any atom is 0.228 e. The Kier molecular flexibility index (Phi) is 5.21. The van der Waals surface area contributed by atoms with E-state index in [9.17, 15) is 9.59 Å². The van der Waals surface area contributed by atoms with Crippen LogP contribution in [0, 0.1) is 11.3 Å². The molecule has 6 heteroatoms. The zero-order chi connectivity index (χ0) is 13.3. The van der Waals surface area contributed by atoms with E-state index in [4.69, 9.17) is 5.73 Å². The molecule has 0 aromatic carbocycles. The molecule has 2 atom stereocenters. The molecule has 0 spiro atoms. The number of nitrogens with two attached hydrogens (primary N) is 1. The normalized spacial score (nSPS) is 30.7. The van der Waals surface area contributed by atoms with E-state index in [2.05, 4.69) is 6.92 Å². The number of halogens is 1. The second kappa shape index (κ2) is 6.09. The van der Waals surface area contributed by atoms with E-state index in [1.807, 2.05) is 11.8 Å². The molecule has 0 bridgehead atoms. The lowest BCUT2D eigenvalue weighted by molar-refractivity contribution is -0.135. The number of carbonyl (C=O) groups is 2. The van der Waals surface area contributed by atoms with E-state index < -0.39 is 0 Å². The number of amides is 2. The van der Waals surface area contributed by atoms with Gasteiger partial charge in [0.25, 0.3) is 0 Å². The summed E-state index contributed by atoms with van der Waals surface area (Å²) in [5, 5.41) is 0. The third-order valence-electron chi connectivity index (χ3n) is 4.31. The summed E-state index contributed by atoms with van der Waals surface area (Å²) in [7, 11) is 0. The Morgan fingerprint density at radius 3 is 2.68 bits per heavy atom. The van der Waals surface area contributed by atoms with Crippen molar-refractivity contribution in [2.75, 3.05) is 32.7 Å². The SMILES string of the molecule is CCN1CC(C(=O)N2CCC(C)(CN)C2)CC1=O.Cl. The number of hydrogen-bond acceptors (Lipinski definition) is 3. The van der Waals surface area contributed by atoms with Crippen molar-refractivity contribution in [1.29, 1.82) is 0 Å². The summed E-state index contributed by atoms with van der Waals surface area (Å²) in [6, 6.07) is 0. The van der Waals surface area contributed by atoms with Crippen LogP contribution in [0.2, 0.25) is 0 Å². The fraction of sp³-hybridized carbons (Fsp3) is 0.846. The maximum absolute atomic E-state index is 12.4. The lowest BCUT2D eigenvalue weighted by Gasteiger charge is -2.24. The lowest BCUT2D eigenvalue weighted by atomic mass is 9.90. The Morgan fingerprint density at radius 2 is 2.21 bits per heavy atom. The Bertz CT molecular complexity index is 364. The van der Waals surface area contributed by atoms with Gasteiger partial charge in [0.15, 0.2) is 0 Å². The van der Waals surface area contributed by atoms with Crippen LogP contribution in [0.4, 0.5) is 0 Å². The predicted molar refractivity (Wildman–Crippen MR) is 76.0 cm³/mol. The van der Waals surface area contributed by atoms with Crippen molar-refractivity contribution in [3.8, 4) is 0 Å². The van der Waals surface area contributed by atoms with E-state index in [0.717, 1.165) is 19.5 Å². The molecular formula is C13H24ClN3O2. The monoisotopic (exact) mass is 289 g/mol. The van der Waals surface area contributed by atoms with E-state index in [-0.39, 0.29) is 35.6 Å². The second-order valence-corrected chi connectivity index (χ2v) is 5.86. The van der Waals surface area contributed by atoms with Gasteiger partial charge >= 0.3 is 0 Å². The molecule has 0 aromatic heterocycles. The van der Waals surface area contributed by atoms with E-state index in [1.165, 1.54) is 0 Å². The summed E-state index contributed by atoms with van der Waals surface area (Å²) < 4.78 is 0. The number of nitrogens with zero attached hydrogens (tertiary/aromatic N) is 2. The molecule has 110 valence electrons. The summed E-state index contributed by atoms with van der Waals surface area (Å²) in [4.78, 5) is 27.7. The van der Waals surface area contributed by atoms with E-state index in [0.29, 0.717) is 26.1 Å². The quantitative estimate of drug-likeness (QED) is 0.821. The summed E-state index contributed by atoms with van der Waals surface area (Å²) in [5.74, 6) is 0.102. The van der Waals surface area contributed by atoms with Crippen LogP contribution < -0.4 is 5.73 Å². The number of rotatable bonds is 3. The molecule has 2 fully saturated rings. The lowest BCUT2D eigenvalue weighted by Crippen LogP contribution is -2.38. The molecule has 2 unspecified atom stereocenters. The highest BCUT2D eigenvalue weighted by molar-refractivity contribution is 5.89. The topological polar surface area (TPSA) is 66.6 Å². The zero-order valence-corrected chi connectivity index (χ0v) is 12.5. The van der Waals surface area contributed by atoms with E-state index >= 15 is 0 Å². The van der Waals surface area contributed by atoms with Gasteiger partial charge in [-0.3, -0.25) is 9.59 Å². The highest BCUT2D eigenvalue weighted by Gasteiger charge is 2.40. The van der Waals surface area contributed by atoms with Gasteiger partial charge in [-0.25, -0.2) is 0 Å². The summed E-state index contributed by atoms with van der Waals surface area (Å²) >= 11 is 0. The molecule has 2 aliphatic heterocycles. The van der Waals surface area contributed by atoms with Gasteiger partial charge in [-0.15, -0.1) is 12.4 Å². The maximum atomic E-state index is 12.4. The Hall–Kier alpha value is -0.810. The number of carbonyl (C=O) groups excluding carboxylic acids is 2. The van der Waals surface area contributed by atoms with Crippen LogP contribution in [0.25, 0.3) is 0 Å². The third-order valence-corrected chi connectivity index (χ3v) is 4.31. The van der Waals surface area contributed by atoms with Gasteiger partial charge in [-0.05, 0) is 25.3 Å². The van der Waals surface area contributed by atoms with Crippen molar-refractivity contribution >= 4 is 24.2 Å². The van der Waals surface area contributed by atoms with Gasteiger partial charge < -0.3 is 15.5 Å². The smallest absolute Gasteiger partial charge is 0.228 e. The van der Waals surface area contributed by atoms with Gasteiger partial charge in [0.2, 0.25) is 11.8 Å². The first kappa shape index (κ1) is 16.2. The highest BCUT2D eigenvalue weighted by Crippen LogP contribution is 2.31. The standard InChI is InChI=1S/C13H23N3O2.ClH/c1-3-15-7-10(6-11(15)17)12(18)16-5-4-13(2,8-14)9-16;/h10H,3-9,14H2,1-2H3;1H. The fourth-order valence-electron chi connectivity index (χ4n) is 2.88. The Balaban J connectivity index is 0.00000180. The average Bonchev–Trinajstić information content (AvgIpc) is 2.93. The van der Waals surface area contributed by atoms with Crippen LogP contribution in [-0.2, 0) is 9.59 Å². The third kappa shape index (κ3) is 3.20. The average molecular weight is 290 g/mol. The summed E-state index contributed by atoms with van der Waals surface area (Å²) in [5.41, 5.74) is 5.81. The molecule has 19 heavy (non-hydrogen) atoms. The zero-order valence-electron chi connectivity index (χ0n) is 11.7. The van der Waals surface area contributed by atoms with Gasteiger partial charge in [-0.1, -0.05) is 6.92 Å². The van der Waals surface area contributed by atoms with Crippen molar-refractivity contribution in [3.05, 3.63) is 0 Å². The minimum absolute atomic E-state index is 0. The molecule has 2 N–H and O–H groups in total. The van der Waals surface area contributed by atoms with Crippen LogP contribution >= 0.6 is 12.4 Å². The van der Waals surface area contributed by atoms with Crippen LogP contribution in [0.1, 0.15) is 26.7 Å². The van der Waals surface area contributed by atoms with Crippen molar-refractivity contribution in [3.63, 3.8) is 0 Å². The van der Waals surface area contributed by atoms with Crippen molar-refractivity contribution in [2.45, 2.75) is 26.7 Å². The Morgan fingerprint density at radius 1 is 1.53 bits per heavy atom. The number of likely N-dealkylation sites (tertiary alicyclic amines) is 2. The minimum Gasteiger partial charge on any atom is -0.342 e. The molecule has 2 amide bonds. The molecule has 2 rings (SSSR count). The molecule has 0 radical (unpaired) electrons. The van der Waals surface area contributed by atoms with Crippen LogP contribution in [0.3, 0.4) is 0 Å². The van der Waals surface area contributed by atoms with Crippen LogP contribution in [0.15, 0.2) is 0 Å². The molecule has 2 saturated heterocycles. The summed E-state index contributed by atoms with van der Waals surface area (Å²) in [6.07, 6.45) is 1.34. The molecule has 2 aliphatic rings. The molecular weight excluding hydrogens is 266 g/mol. The van der Waals surface area contributed by atoms with Crippen molar-refractivity contribution < 1.29 is 9.59 Å². The summed E-state index contributed by atoms with van der Waals surface area (Å²) in [6.45, 7) is 7.49. The second-order valence-electron chi connectivity index (χ2n) is 5.86. The fourth-order valence-corrected chi connectivity index (χ4v) is 2.88. The highest BCUT2D eigenvalue weighted by atomic mass is 35.5. The predicted octanol–water partition coefficient (Wildman–Crippen LogP) is 0.474. The largest absolute Gasteiger partial charge is 0.342 e.